The first-order valence-electron chi connectivity index (χ1n) is 7.95. The molecule has 25 heavy (non-hydrogen) atoms. The number of nitrogens with zero attached hydrogens (tertiary/aromatic N) is 3. The highest BCUT2D eigenvalue weighted by Crippen LogP contribution is 2.10. The molecule has 0 bridgehead atoms. The zero-order valence-electron chi connectivity index (χ0n) is 15.2. The van der Waals surface area contributed by atoms with Crippen molar-refractivity contribution in [3.8, 4) is 0 Å². The van der Waals surface area contributed by atoms with Crippen LogP contribution in [0.4, 0.5) is 0 Å². The molecule has 0 spiro atoms. The summed E-state index contributed by atoms with van der Waals surface area (Å²) in [5.74, 6) is -0.161. The van der Waals surface area contributed by atoms with E-state index in [1.807, 2.05) is 19.9 Å². The van der Waals surface area contributed by atoms with Gasteiger partial charge < -0.3 is 10.1 Å². The Hall–Kier alpha value is -2.96. The number of carbonyl (C=O) groups excluding carboxylic acids is 2. The number of rotatable bonds is 6. The van der Waals surface area contributed by atoms with Crippen LogP contribution in [0.15, 0.2) is 53.0 Å². The van der Waals surface area contributed by atoms with E-state index in [9.17, 15) is 9.59 Å². The summed E-state index contributed by atoms with van der Waals surface area (Å²) in [4.78, 5) is 27.8. The molecule has 1 heterocycles. The van der Waals surface area contributed by atoms with Gasteiger partial charge in [0.2, 0.25) is 5.96 Å². The molecule has 0 aliphatic carbocycles. The normalized spacial score (nSPS) is 13.2. The number of hydrogen-bond donors (Lipinski definition) is 1. The maximum absolute atomic E-state index is 11.9. The van der Waals surface area contributed by atoms with Crippen LogP contribution in [0.1, 0.15) is 38.1 Å². The fourth-order valence-electron chi connectivity index (χ4n) is 1.98. The Morgan fingerprint density at radius 1 is 1.40 bits per heavy atom. The van der Waals surface area contributed by atoms with Crippen molar-refractivity contribution in [1.82, 2.24) is 15.1 Å². The summed E-state index contributed by atoms with van der Waals surface area (Å²) in [6.45, 7) is 7.21. The number of hydrogen-bond acceptors (Lipinski definition) is 5. The Morgan fingerprint density at radius 2 is 2.12 bits per heavy atom. The number of esters is 1. The van der Waals surface area contributed by atoms with Gasteiger partial charge in [-0.3, -0.25) is 9.79 Å². The highest BCUT2D eigenvalue weighted by atomic mass is 16.5. The molecule has 0 saturated carbocycles. The van der Waals surface area contributed by atoms with Gasteiger partial charge in [-0.1, -0.05) is 18.2 Å². The lowest BCUT2D eigenvalue weighted by Crippen LogP contribution is -2.32. The average molecular weight is 344 g/mol. The molecule has 1 N–H and O–H groups in total. The van der Waals surface area contributed by atoms with E-state index < -0.39 is 5.97 Å². The number of allylic oxidation sites excluding steroid dienone is 5. The molecule has 0 amide bonds. The predicted molar refractivity (Wildman–Crippen MR) is 97.4 cm³/mol. The van der Waals surface area contributed by atoms with Gasteiger partial charge in [0.25, 0.3) is 0 Å². The van der Waals surface area contributed by atoms with Crippen LogP contribution in [-0.4, -0.2) is 41.1 Å². The number of aliphatic imine (C=N–C) groups is 1. The summed E-state index contributed by atoms with van der Waals surface area (Å²) < 4.78 is 6.37. The van der Waals surface area contributed by atoms with E-state index >= 15 is 0 Å². The third-order valence-electron chi connectivity index (χ3n) is 3.18. The van der Waals surface area contributed by atoms with Crippen molar-refractivity contribution in [2.45, 2.75) is 27.7 Å². The molecular weight excluding hydrogens is 320 g/mol. The second kappa shape index (κ2) is 10.0. The summed E-state index contributed by atoms with van der Waals surface area (Å²) >= 11 is 0. The van der Waals surface area contributed by atoms with E-state index in [4.69, 9.17) is 4.74 Å². The van der Waals surface area contributed by atoms with Gasteiger partial charge in [-0.05, 0) is 33.8 Å². The summed E-state index contributed by atoms with van der Waals surface area (Å²) in [5, 5.41) is 7.20. The highest BCUT2D eigenvalue weighted by molar-refractivity contribution is 5.99. The molecule has 7 nitrogen and oxygen atoms in total. The van der Waals surface area contributed by atoms with E-state index in [2.05, 4.69) is 15.4 Å². The number of Topliss-reactive ketones (excluding diaryl/α,β-unsaturated/α-hetero) is 1. The van der Waals surface area contributed by atoms with Crippen LogP contribution in [0.3, 0.4) is 0 Å². The van der Waals surface area contributed by atoms with Gasteiger partial charge in [0.15, 0.2) is 5.78 Å². The van der Waals surface area contributed by atoms with E-state index in [1.165, 1.54) is 24.0 Å². The summed E-state index contributed by atoms with van der Waals surface area (Å²) in [7, 11) is 1.59. The van der Waals surface area contributed by atoms with Crippen LogP contribution in [-0.2, 0) is 9.53 Å². The van der Waals surface area contributed by atoms with Gasteiger partial charge in [0.1, 0.15) is 0 Å². The average Bonchev–Trinajstić information content (AvgIpc) is 3.07. The Morgan fingerprint density at radius 3 is 2.64 bits per heavy atom. The third kappa shape index (κ3) is 5.56. The van der Waals surface area contributed by atoms with E-state index in [1.54, 1.807) is 32.2 Å². The Kier molecular flexibility index (Phi) is 8.05. The number of carbonyl (C=O) groups is 2. The van der Waals surface area contributed by atoms with Crippen molar-refractivity contribution in [2.24, 2.45) is 4.99 Å². The standard InChI is InChI=1S/C18H24N4O3/c1-6-9-10-15(13(4)23)16(7-2)21-18(19-5)22-12-14(11-20-22)17(24)25-8-3/h6-7,9-12H,8H2,1-5H3,(H,19,21)/b9-6?,15-10-,16-7?. The molecule has 1 aromatic rings. The molecule has 0 aliphatic rings. The zero-order chi connectivity index (χ0) is 18.8. The van der Waals surface area contributed by atoms with Crippen molar-refractivity contribution >= 4 is 17.7 Å². The molecule has 134 valence electrons. The second-order valence-electron chi connectivity index (χ2n) is 4.93. The SMILES string of the molecule is CC=C/C=C(/C(C)=O)C(=CC)NC(=NC)n1cc(C(=O)OCC)cn1. The maximum Gasteiger partial charge on any atom is 0.341 e. The molecule has 7 heteroatoms. The smallest absolute Gasteiger partial charge is 0.341 e. The van der Waals surface area contributed by atoms with Crippen molar-refractivity contribution in [3.05, 3.63) is 53.5 Å². The second-order valence-corrected chi connectivity index (χ2v) is 4.93. The summed E-state index contributed by atoms with van der Waals surface area (Å²) in [6, 6.07) is 0. The molecule has 1 aromatic heterocycles. The number of aromatic nitrogens is 2. The summed E-state index contributed by atoms with van der Waals surface area (Å²) in [5.41, 5.74) is 1.43. The largest absolute Gasteiger partial charge is 0.462 e. The summed E-state index contributed by atoms with van der Waals surface area (Å²) in [6.07, 6.45) is 10.1. The topological polar surface area (TPSA) is 85.6 Å². The van der Waals surface area contributed by atoms with Crippen molar-refractivity contribution < 1.29 is 14.3 Å². The van der Waals surface area contributed by atoms with Gasteiger partial charge in [0, 0.05) is 24.5 Å². The fraction of sp³-hybridized carbons (Fsp3) is 0.333. The van der Waals surface area contributed by atoms with Gasteiger partial charge in [-0.2, -0.15) is 5.10 Å². The Bertz CT molecular complexity index is 739. The Labute approximate surface area is 147 Å². The van der Waals surface area contributed by atoms with Gasteiger partial charge in [0.05, 0.1) is 18.4 Å². The molecule has 0 radical (unpaired) electrons. The minimum atomic E-state index is -0.451. The highest BCUT2D eigenvalue weighted by Gasteiger charge is 2.15. The monoisotopic (exact) mass is 344 g/mol. The first kappa shape index (κ1) is 20.1. The van der Waals surface area contributed by atoms with Crippen LogP contribution in [0.2, 0.25) is 0 Å². The molecule has 0 unspecified atom stereocenters. The van der Waals surface area contributed by atoms with E-state index in [-0.39, 0.29) is 12.4 Å². The third-order valence-corrected chi connectivity index (χ3v) is 3.18. The first-order chi connectivity index (χ1) is 12.0. The molecule has 0 aromatic carbocycles. The predicted octanol–water partition coefficient (Wildman–Crippen LogP) is 2.48. The lowest BCUT2D eigenvalue weighted by Gasteiger charge is -2.14. The van der Waals surface area contributed by atoms with Crippen molar-refractivity contribution in [1.29, 1.82) is 0 Å². The molecule has 0 aliphatic heterocycles. The number of nitrogens with one attached hydrogen (secondary N) is 1. The fourth-order valence-corrected chi connectivity index (χ4v) is 1.98. The molecular formula is C18H24N4O3. The van der Waals surface area contributed by atoms with Crippen LogP contribution in [0.25, 0.3) is 0 Å². The van der Waals surface area contributed by atoms with Crippen molar-refractivity contribution in [2.75, 3.05) is 13.7 Å². The maximum atomic E-state index is 11.9. The van der Waals surface area contributed by atoms with Gasteiger partial charge >= 0.3 is 5.97 Å². The lowest BCUT2D eigenvalue weighted by atomic mass is 10.1. The first-order valence-corrected chi connectivity index (χ1v) is 7.95. The van der Waals surface area contributed by atoms with E-state index in [0.29, 0.717) is 22.8 Å². The Balaban J connectivity index is 3.08. The minimum absolute atomic E-state index is 0.0816. The lowest BCUT2D eigenvalue weighted by molar-refractivity contribution is -0.113. The molecule has 0 atom stereocenters. The van der Waals surface area contributed by atoms with Gasteiger partial charge in [-0.25, -0.2) is 9.48 Å². The van der Waals surface area contributed by atoms with Crippen LogP contribution >= 0.6 is 0 Å². The van der Waals surface area contributed by atoms with E-state index in [0.717, 1.165) is 0 Å². The molecule has 1 rings (SSSR count). The van der Waals surface area contributed by atoms with Crippen LogP contribution < -0.4 is 5.32 Å². The zero-order valence-corrected chi connectivity index (χ0v) is 15.2. The van der Waals surface area contributed by atoms with Crippen molar-refractivity contribution in [3.63, 3.8) is 0 Å². The molecule has 0 saturated heterocycles. The molecule has 0 fully saturated rings. The van der Waals surface area contributed by atoms with Gasteiger partial charge in [-0.15, -0.1) is 0 Å². The number of ketones is 1. The van der Waals surface area contributed by atoms with Crippen LogP contribution in [0, 0.1) is 0 Å². The van der Waals surface area contributed by atoms with Crippen LogP contribution in [0.5, 0.6) is 0 Å². The quantitative estimate of drug-likeness (QED) is 0.282. The number of ether oxygens (including phenoxy) is 1. The minimum Gasteiger partial charge on any atom is -0.462 e.